The van der Waals surface area contributed by atoms with Crippen LogP contribution in [0.25, 0.3) is 0 Å². The maximum absolute atomic E-state index is 6.09. The van der Waals surface area contributed by atoms with E-state index in [1.807, 2.05) is 12.1 Å². The van der Waals surface area contributed by atoms with Crippen LogP contribution in [0.5, 0.6) is 5.88 Å². The van der Waals surface area contributed by atoms with Crippen molar-refractivity contribution in [2.75, 3.05) is 0 Å². The molecule has 4 nitrogen and oxygen atoms in total. The Morgan fingerprint density at radius 3 is 2.15 bits per heavy atom. The normalized spacial score (nSPS) is 34.0. The van der Waals surface area contributed by atoms with Crippen molar-refractivity contribution < 1.29 is 4.74 Å². The maximum atomic E-state index is 6.09. The number of hydrogen-bond acceptors (Lipinski definition) is 4. The zero-order valence-corrected chi connectivity index (χ0v) is 13.1. The van der Waals surface area contributed by atoms with Crippen molar-refractivity contribution in [1.29, 1.82) is 0 Å². The summed E-state index contributed by atoms with van der Waals surface area (Å²) in [6.45, 7) is 0. The van der Waals surface area contributed by atoms with E-state index in [9.17, 15) is 0 Å². The van der Waals surface area contributed by atoms with E-state index < -0.39 is 0 Å². The molecule has 1 saturated heterocycles. The third kappa shape index (κ3) is 2.98. The predicted octanol–water partition coefficient (Wildman–Crippen LogP) is 2.93. The van der Waals surface area contributed by atoms with E-state index >= 15 is 0 Å². The van der Waals surface area contributed by atoms with E-state index in [4.69, 9.17) is 4.74 Å². The van der Waals surface area contributed by atoms with Gasteiger partial charge in [0, 0.05) is 18.2 Å². The Hall–Kier alpha value is -0.680. The molecule has 108 valence electrons. The van der Waals surface area contributed by atoms with Crippen molar-refractivity contribution in [2.45, 2.75) is 56.7 Å². The monoisotopic (exact) mass is 337 g/mol. The zero-order chi connectivity index (χ0) is 13.5. The van der Waals surface area contributed by atoms with Crippen molar-refractivity contribution in [2.24, 2.45) is 11.8 Å². The standard InChI is InChI=1S/C15H20BrN3O/c16-14-5-6-15(19-18-14)20-11-7-12(9-1-2-9)17-13(8-11)10-3-4-10/h5-6,9-13,17H,1-4,7-8H2/t12-,13-/m0/s1. The zero-order valence-electron chi connectivity index (χ0n) is 11.5. The largest absolute Gasteiger partial charge is 0.473 e. The van der Waals surface area contributed by atoms with Crippen molar-refractivity contribution in [3.05, 3.63) is 16.7 Å². The molecule has 0 bridgehead atoms. The van der Waals surface area contributed by atoms with Gasteiger partial charge in [-0.2, -0.15) is 0 Å². The number of aromatic nitrogens is 2. The molecule has 20 heavy (non-hydrogen) atoms. The lowest BCUT2D eigenvalue weighted by Gasteiger charge is -2.36. The van der Waals surface area contributed by atoms with Gasteiger partial charge in [0.25, 0.3) is 0 Å². The second-order valence-corrected chi connectivity index (χ2v) is 7.27. The highest BCUT2D eigenvalue weighted by molar-refractivity contribution is 9.10. The summed E-state index contributed by atoms with van der Waals surface area (Å²) in [5.41, 5.74) is 0. The number of hydrogen-bond donors (Lipinski definition) is 1. The molecule has 0 spiro atoms. The van der Waals surface area contributed by atoms with Crippen LogP contribution in [0.1, 0.15) is 38.5 Å². The maximum Gasteiger partial charge on any atom is 0.233 e. The van der Waals surface area contributed by atoms with Crippen LogP contribution in [0.4, 0.5) is 0 Å². The molecule has 2 heterocycles. The van der Waals surface area contributed by atoms with Gasteiger partial charge in [0.05, 0.1) is 0 Å². The molecule has 2 aliphatic carbocycles. The number of rotatable bonds is 4. The summed E-state index contributed by atoms with van der Waals surface area (Å²) >= 11 is 3.31. The average Bonchev–Trinajstić information content (AvgIpc) is 3.32. The van der Waals surface area contributed by atoms with Crippen LogP contribution in [0, 0.1) is 11.8 Å². The fraction of sp³-hybridized carbons (Fsp3) is 0.733. The summed E-state index contributed by atoms with van der Waals surface area (Å²) in [6.07, 6.45) is 8.08. The van der Waals surface area contributed by atoms with Crippen LogP contribution in [0.15, 0.2) is 16.7 Å². The lowest BCUT2D eigenvalue weighted by Crippen LogP contribution is -2.51. The molecule has 1 aromatic rings. The molecule has 0 unspecified atom stereocenters. The summed E-state index contributed by atoms with van der Waals surface area (Å²) in [4.78, 5) is 0. The van der Waals surface area contributed by atoms with Crippen LogP contribution in [-0.2, 0) is 0 Å². The van der Waals surface area contributed by atoms with Crippen LogP contribution in [0.2, 0.25) is 0 Å². The summed E-state index contributed by atoms with van der Waals surface area (Å²) in [7, 11) is 0. The number of halogens is 1. The molecular weight excluding hydrogens is 318 g/mol. The first-order chi connectivity index (χ1) is 9.78. The van der Waals surface area contributed by atoms with Gasteiger partial charge < -0.3 is 10.1 Å². The highest BCUT2D eigenvalue weighted by atomic mass is 79.9. The van der Waals surface area contributed by atoms with E-state index in [-0.39, 0.29) is 0 Å². The Morgan fingerprint density at radius 1 is 1.00 bits per heavy atom. The SMILES string of the molecule is Brc1ccc(OC2C[C@@H](C3CC3)N[C@H](C3CC3)C2)nn1. The molecule has 5 heteroatoms. The molecule has 0 amide bonds. The Balaban J connectivity index is 1.43. The quantitative estimate of drug-likeness (QED) is 0.917. The molecule has 3 aliphatic rings. The highest BCUT2D eigenvalue weighted by Gasteiger charge is 2.43. The number of nitrogens with zero attached hydrogens (tertiary/aromatic N) is 2. The van der Waals surface area contributed by atoms with Gasteiger partial charge in [0.1, 0.15) is 10.7 Å². The minimum absolute atomic E-state index is 0.294. The van der Waals surface area contributed by atoms with E-state index in [1.165, 1.54) is 25.7 Å². The molecule has 2 saturated carbocycles. The van der Waals surface area contributed by atoms with Crippen molar-refractivity contribution >= 4 is 15.9 Å². The molecule has 4 rings (SSSR count). The molecule has 0 radical (unpaired) electrons. The minimum Gasteiger partial charge on any atom is -0.473 e. The molecule has 1 N–H and O–H groups in total. The van der Waals surface area contributed by atoms with Crippen LogP contribution in [0.3, 0.4) is 0 Å². The van der Waals surface area contributed by atoms with Crippen LogP contribution < -0.4 is 10.1 Å². The average molecular weight is 338 g/mol. The van der Waals surface area contributed by atoms with E-state index in [0.717, 1.165) is 29.3 Å². The van der Waals surface area contributed by atoms with E-state index in [0.29, 0.717) is 24.1 Å². The Labute approximate surface area is 127 Å². The summed E-state index contributed by atoms with van der Waals surface area (Å²) in [5, 5.41) is 12.0. The van der Waals surface area contributed by atoms with Gasteiger partial charge in [0.2, 0.25) is 5.88 Å². The molecule has 2 atom stereocenters. The van der Waals surface area contributed by atoms with Gasteiger partial charge in [-0.25, -0.2) is 0 Å². The third-order valence-electron chi connectivity index (χ3n) is 4.74. The van der Waals surface area contributed by atoms with Gasteiger partial charge >= 0.3 is 0 Å². The molecular formula is C15H20BrN3O. The van der Waals surface area contributed by atoms with Crippen LogP contribution in [-0.4, -0.2) is 28.4 Å². The molecule has 0 aromatic carbocycles. The highest BCUT2D eigenvalue weighted by Crippen LogP contribution is 2.42. The Bertz CT molecular complexity index is 453. The fourth-order valence-corrected chi connectivity index (χ4v) is 3.57. The van der Waals surface area contributed by atoms with Crippen molar-refractivity contribution in [3.63, 3.8) is 0 Å². The van der Waals surface area contributed by atoms with E-state index in [1.54, 1.807) is 0 Å². The summed E-state index contributed by atoms with van der Waals surface area (Å²) in [5.74, 6) is 2.43. The van der Waals surface area contributed by atoms with Gasteiger partial charge in [-0.15, -0.1) is 10.2 Å². The second kappa shape index (κ2) is 5.26. The second-order valence-electron chi connectivity index (χ2n) is 6.46. The Kier molecular flexibility index (Phi) is 3.42. The molecule has 1 aromatic heterocycles. The number of nitrogens with one attached hydrogen (secondary N) is 1. The van der Waals surface area contributed by atoms with Gasteiger partial charge in [-0.1, -0.05) is 0 Å². The minimum atomic E-state index is 0.294. The lowest BCUT2D eigenvalue weighted by atomic mass is 9.90. The van der Waals surface area contributed by atoms with Gasteiger partial charge in [-0.3, -0.25) is 0 Å². The number of ether oxygens (including phenoxy) is 1. The summed E-state index contributed by atoms with van der Waals surface area (Å²) < 4.78 is 6.84. The predicted molar refractivity (Wildman–Crippen MR) is 79.5 cm³/mol. The first-order valence-corrected chi connectivity index (χ1v) is 8.49. The van der Waals surface area contributed by atoms with Gasteiger partial charge in [0.15, 0.2) is 0 Å². The number of piperidine rings is 1. The van der Waals surface area contributed by atoms with Gasteiger partial charge in [-0.05, 0) is 72.4 Å². The van der Waals surface area contributed by atoms with Crippen molar-refractivity contribution in [1.82, 2.24) is 15.5 Å². The molecule has 3 fully saturated rings. The lowest BCUT2D eigenvalue weighted by molar-refractivity contribution is 0.0971. The van der Waals surface area contributed by atoms with E-state index in [2.05, 4.69) is 31.4 Å². The topological polar surface area (TPSA) is 47.0 Å². The fourth-order valence-electron chi connectivity index (χ4n) is 3.36. The molecule has 1 aliphatic heterocycles. The Morgan fingerprint density at radius 2 is 1.65 bits per heavy atom. The van der Waals surface area contributed by atoms with Crippen LogP contribution >= 0.6 is 15.9 Å². The summed E-state index contributed by atoms with van der Waals surface area (Å²) in [6, 6.07) is 5.10. The smallest absolute Gasteiger partial charge is 0.233 e. The first kappa shape index (κ1) is 13.0. The van der Waals surface area contributed by atoms with Crippen molar-refractivity contribution in [3.8, 4) is 5.88 Å². The third-order valence-corrected chi connectivity index (χ3v) is 5.16. The first-order valence-electron chi connectivity index (χ1n) is 7.70.